The average molecular weight is 252 g/mol. The zero-order chi connectivity index (χ0) is 13.7. The van der Waals surface area contributed by atoms with E-state index in [0.29, 0.717) is 24.3 Å². The van der Waals surface area contributed by atoms with Gasteiger partial charge < -0.3 is 10.6 Å². The summed E-state index contributed by atoms with van der Waals surface area (Å²) < 4.78 is 0. The molecule has 0 radical (unpaired) electrons. The minimum Gasteiger partial charge on any atom is -0.354 e. The first-order valence-electron chi connectivity index (χ1n) is 6.01. The van der Waals surface area contributed by atoms with Crippen LogP contribution in [0.15, 0.2) is 0 Å². The molecule has 3 N–H and O–H groups in total. The summed E-state index contributed by atoms with van der Waals surface area (Å²) in [4.78, 5) is 23.1. The number of rotatable bonds is 5. The van der Waals surface area contributed by atoms with Gasteiger partial charge in [-0.2, -0.15) is 5.10 Å². The number of amides is 2. The Morgan fingerprint density at radius 1 is 1.22 bits per heavy atom. The average Bonchev–Trinajstić information content (AvgIpc) is 2.63. The van der Waals surface area contributed by atoms with Gasteiger partial charge >= 0.3 is 0 Å². The molecular formula is C12H20N4O2. The molecule has 0 aromatic carbocycles. The standard InChI is InChI=1S/C12H20N4O2/c1-7(2)11(17)13-5-6-14-12(18)10-8(3)15-16-9(10)4/h7H,5-6H2,1-4H3,(H,13,17)(H,14,18)(H,15,16). The third-order valence-corrected chi connectivity index (χ3v) is 2.59. The molecule has 18 heavy (non-hydrogen) atoms. The van der Waals surface area contributed by atoms with E-state index in [1.165, 1.54) is 0 Å². The summed E-state index contributed by atoms with van der Waals surface area (Å²) in [5.41, 5.74) is 2.00. The van der Waals surface area contributed by atoms with Gasteiger partial charge in [-0.3, -0.25) is 14.7 Å². The fraction of sp³-hybridized carbons (Fsp3) is 0.583. The highest BCUT2D eigenvalue weighted by Crippen LogP contribution is 2.08. The van der Waals surface area contributed by atoms with E-state index in [1.54, 1.807) is 13.8 Å². The van der Waals surface area contributed by atoms with E-state index in [1.807, 2.05) is 13.8 Å². The Bertz CT molecular complexity index is 418. The van der Waals surface area contributed by atoms with Crippen LogP contribution in [0.1, 0.15) is 35.6 Å². The van der Waals surface area contributed by atoms with E-state index in [-0.39, 0.29) is 17.7 Å². The van der Waals surface area contributed by atoms with Crippen LogP contribution in [0.2, 0.25) is 0 Å². The number of nitrogens with zero attached hydrogens (tertiary/aromatic N) is 1. The normalized spacial score (nSPS) is 10.5. The molecule has 0 saturated heterocycles. The van der Waals surface area contributed by atoms with Crippen LogP contribution >= 0.6 is 0 Å². The SMILES string of the molecule is Cc1n[nH]c(C)c1C(=O)NCCNC(=O)C(C)C. The number of aromatic amines is 1. The van der Waals surface area contributed by atoms with Crippen LogP contribution in [0.5, 0.6) is 0 Å². The maximum Gasteiger partial charge on any atom is 0.255 e. The van der Waals surface area contributed by atoms with Crippen LogP contribution in [0.3, 0.4) is 0 Å². The van der Waals surface area contributed by atoms with Gasteiger partial charge in [-0.15, -0.1) is 0 Å². The lowest BCUT2D eigenvalue weighted by Crippen LogP contribution is -2.36. The maximum atomic E-state index is 11.8. The molecule has 1 aromatic heterocycles. The Hall–Kier alpha value is -1.85. The molecule has 6 heteroatoms. The van der Waals surface area contributed by atoms with Gasteiger partial charge in [0.15, 0.2) is 0 Å². The molecule has 0 aliphatic rings. The third-order valence-electron chi connectivity index (χ3n) is 2.59. The van der Waals surface area contributed by atoms with Crippen LogP contribution in [-0.4, -0.2) is 35.1 Å². The Morgan fingerprint density at radius 2 is 1.83 bits per heavy atom. The fourth-order valence-electron chi connectivity index (χ4n) is 1.54. The quantitative estimate of drug-likeness (QED) is 0.668. The Kier molecular flexibility index (Phi) is 4.88. The predicted molar refractivity (Wildman–Crippen MR) is 68.2 cm³/mol. The minimum atomic E-state index is -0.169. The molecule has 1 aromatic rings. The molecule has 1 rings (SSSR count). The second-order valence-corrected chi connectivity index (χ2v) is 4.51. The second kappa shape index (κ2) is 6.18. The zero-order valence-electron chi connectivity index (χ0n) is 11.3. The fourth-order valence-corrected chi connectivity index (χ4v) is 1.54. The van der Waals surface area contributed by atoms with E-state index >= 15 is 0 Å². The molecule has 0 bridgehead atoms. The molecule has 0 atom stereocenters. The van der Waals surface area contributed by atoms with E-state index in [4.69, 9.17) is 0 Å². The Balaban J connectivity index is 2.37. The minimum absolute atomic E-state index is 0.0140. The molecular weight excluding hydrogens is 232 g/mol. The van der Waals surface area contributed by atoms with E-state index in [2.05, 4.69) is 20.8 Å². The number of hydrogen-bond acceptors (Lipinski definition) is 3. The summed E-state index contributed by atoms with van der Waals surface area (Å²) in [7, 11) is 0. The van der Waals surface area contributed by atoms with Crippen LogP contribution in [0.25, 0.3) is 0 Å². The number of aryl methyl sites for hydroxylation is 2. The number of hydrogen-bond donors (Lipinski definition) is 3. The Labute approximate surface area is 107 Å². The number of carbonyl (C=O) groups is 2. The first-order chi connectivity index (χ1) is 8.43. The molecule has 1 heterocycles. The van der Waals surface area contributed by atoms with Gasteiger partial charge in [0.05, 0.1) is 11.3 Å². The van der Waals surface area contributed by atoms with Crippen LogP contribution in [0, 0.1) is 19.8 Å². The van der Waals surface area contributed by atoms with Crippen molar-refractivity contribution in [2.24, 2.45) is 5.92 Å². The van der Waals surface area contributed by atoms with Gasteiger partial charge in [0.2, 0.25) is 5.91 Å². The van der Waals surface area contributed by atoms with Crippen molar-refractivity contribution in [3.63, 3.8) is 0 Å². The summed E-state index contributed by atoms with van der Waals surface area (Å²) in [6, 6.07) is 0. The lowest BCUT2D eigenvalue weighted by molar-refractivity contribution is -0.123. The van der Waals surface area contributed by atoms with Crippen molar-refractivity contribution >= 4 is 11.8 Å². The lowest BCUT2D eigenvalue weighted by atomic mass is 10.2. The molecule has 0 unspecified atom stereocenters. The van der Waals surface area contributed by atoms with E-state index in [9.17, 15) is 9.59 Å². The van der Waals surface area contributed by atoms with Crippen LogP contribution in [-0.2, 0) is 4.79 Å². The van der Waals surface area contributed by atoms with Crippen LogP contribution in [0.4, 0.5) is 0 Å². The molecule has 2 amide bonds. The van der Waals surface area contributed by atoms with Gasteiger partial charge in [-0.25, -0.2) is 0 Å². The van der Waals surface area contributed by atoms with Gasteiger partial charge in [0, 0.05) is 24.7 Å². The molecule has 0 aliphatic carbocycles. The number of carbonyl (C=O) groups excluding carboxylic acids is 2. The maximum absolute atomic E-state index is 11.8. The van der Waals surface area contributed by atoms with E-state index < -0.39 is 0 Å². The third kappa shape index (κ3) is 3.58. The van der Waals surface area contributed by atoms with Crippen molar-refractivity contribution < 1.29 is 9.59 Å². The smallest absolute Gasteiger partial charge is 0.255 e. The van der Waals surface area contributed by atoms with E-state index in [0.717, 1.165) is 5.69 Å². The highest BCUT2D eigenvalue weighted by Gasteiger charge is 2.14. The molecule has 0 spiro atoms. The summed E-state index contributed by atoms with van der Waals surface area (Å²) in [6.07, 6.45) is 0. The Morgan fingerprint density at radius 3 is 2.33 bits per heavy atom. The largest absolute Gasteiger partial charge is 0.354 e. The zero-order valence-corrected chi connectivity index (χ0v) is 11.3. The molecule has 0 aliphatic heterocycles. The van der Waals surface area contributed by atoms with Crippen molar-refractivity contribution in [2.75, 3.05) is 13.1 Å². The lowest BCUT2D eigenvalue weighted by Gasteiger charge is -2.08. The summed E-state index contributed by atoms with van der Waals surface area (Å²) in [5.74, 6) is -0.225. The highest BCUT2D eigenvalue weighted by molar-refractivity contribution is 5.96. The van der Waals surface area contributed by atoms with Crippen molar-refractivity contribution in [2.45, 2.75) is 27.7 Å². The predicted octanol–water partition coefficient (Wildman–Crippen LogP) is 0.529. The van der Waals surface area contributed by atoms with Gasteiger partial charge in [0.25, 0.3) is 5.91 Å². The topological polar surface area (TPSA) is 86.9 Å². The first kappa shape index (κ1) is 14.2. The highest BCUT2D eigenvalue weighted by atomic mass is 16.2. The number of aromatic nitrogens is 2. The van der Waals surface area contributed by atoms with Gasteiger partial charge in [-0.1, -0.05) is 13.8 Å². The summed E-state index contributed by atoms with van der Waals surface area (Å²) >= 11 is 0. The summed E-state index contributed by atoms with van der Waals surface area (Å²) in [5, 5.41) is 12.2. The van der Waals surface area contributed by atoms with Gasteiger partial charge in [-0.05, 0) is 13.8 Å². The second-order valence-electron chi connectivity index (χ2n) is 4.51. The van der Waals surface area contributed by atoms with Crippen molar-refractivity contribution in [3.05, 3.63) is 17.0 Å². The molecule has 0 fully saturated rings. The van der Waals surface area contributed by atoms with Crippen molar-refractivity contribution in [1.82, 2.24) is 20.8 Å². The molecule has 6 nitrogen and oxygen atoms in total. The van der Waals surface area contributed by atoms with Crippen molar-refractivity contribution in [3.8, 4) is 0 Å². The number of H-pyrrole nitrogens is 1. The summed E-state index contributed by atoms with van der Waals surface area (Å²) in [6.45, 7) is 8.06. The number of nitrogens with one attached hydrogen (secondary N) is 3. The monoisotopic (exact) mass is 252 g/mol. The molecule has 100 valence electrons. The first-order valence-corrected chi connectivity index (χ1v) is 6.01. The van der Waals surface area contributed by atoms with Gasteiger partial charge in [0.1, 0.15) is 0 Å². The van der Waals surface area contributed by atoms with Crippen molar-refractivity contribution in [1.29, 1.82) is 0 Å². The molecule has 0 saturated carbocycles. The van der Waals surface area contributed by atoms with Crippen LogP contribution < -0.4 is 10.6 Å².